The van der Waals surface area contributed by atoms with Gasteiger partial charge in [0, 0.05) is 24.0 Å². The molecule has 0 atom stereocenters. The molecule has 7 heteroatoms. The summed E-state index contributed by atoms with van der Waals surface area (Å²) in [5, 5.41) is 4.65. The van der Waals surface area contributed by atoms with E-state index in [4.69, 9.17) is 31.3 Å². The monoisotopic (exact) mass is 293 g/mol. The Morgan fingerprint density at radius 1 is 1.10 bits per heavy atom. The van der Waals surface area contributed by atoms with Crippen LogP contribution in [0.4, 0.5) is 0 Å². The van der Waals surface area contributed by atoms with Gasteiger partial charge in [0.2, 0.25) is 11.7 Å². The molecular weight excluding hydrogens is 282 g/mol. The third-order valence-corrected chi connectivity index (χ3v) is 4.00. The number of halogens is 1. The molecule has 0 saturated heterocycles. The number of benzene rings is 1. The van der Waals surface area contributed by atoms with E-state index >= 15 is 0 Å². The molecular formula is C13H12ClN3O3. The smallest absolute Gasteiger partial charge is 0.240 e. The maximum Gasteiger partial charge on any atom is 0.240 e. The van der Waals surface area contributed by atoms with Gasteiger partial charge in [-0.05, 0) is 0 Å². The van der Waals surface area contributed by atoms with E-state index in [0.29, 0.717) is 30.0 Å². The van der Waals surface area contributed by atoms with Gasteiger partial charge in [0.05, 0.1) is 30.3 Å². The maximum atomic E-state index is 6.40. The van der Waals surface area contributed by atoms with Crippen LogP contribution in [0.3, 0.4) is 0 Å². The molecule has 0 unspecified atom stereocenters. The van der Waals surface area contributed by atoms with Gasteiger partial charge >= 0.3 is 0 Å². The number of fused-ring (bicyclic) bond motifs is 2. The van der Waals surface area contributed by atoms with Crippen LogP contribution in [0, 0.1) is 0 Å². The topological polar surface area (TPSA) is 83.4 Å². The number of rotatable bonds is 2. The molecule has 20 heavy (non-hydrogen) atoms. The summed E-state index contributed by atoms with van der Waals surface area (Å²) in [5.41, 5.74) is 8.29. The van der Waals surface area contributed by atoms with Crippen molar-refractivity contribution in [3.63, 3.8) is 0 Å². The van der Waals surface area contributed by atoms with Gasteiger partial charge in [0.15, 0.2) is 0 Å². The Labute approximate surface area is 119 Å². The van der Waals surface area contributed by atoms with Crippen LogP contribution in [0.1, 0.15) is 17.0 Å². The lowest BCUT2D eigenvalue weighted by atomic mass is 9.99. The number of ether oxygens (including phenoxy) is 2. The zero-order valence-corrected chi connectivity index (χ0v) is 11.4. The molecule has 0 aliphatic carbocycles. The number of nitrogens with zero attached hydrogens (tertiary/aromatic N) is 2. The number of nitrogens with two attached hydrogens (primary N) is 1. The van der Waals surface area contributed by atoms with Gasteiger partial charge < -0.3 is 19.7 Å². The largest absolute Gasteiger partial charge is 0.492 e. The van der Waals surface area contributed by atoms with Crippen molar-refractivity contribution in [2.24, 2.45) is 5.73 Å². The first-order chi connectivity index (χ1) is 9.79. The Bertz CT molecular complexity index is 663. The van der Waals surface area contributed by atoms with E-state index < -0.39 is 0 Å². The lowest BCUT2D eigenvalue weighted by Crippen LogP contribution is -1.97. The third-order valence-electron chi connectivity index (χ3n) is 3.60. The van der Waals surface area contributed by atoms with Gasteiger partial charge in [-0.3, -0.25) is 0 Å². The van der Waals surface area contributed by atoms with Gasteiger partial charge in [0.25, 0.3) is 0 Å². The van der Waals surface area contributed by atoms with E-state index in [1.165, 1.54) is 0 Å². The third kappa shape index (κ3) is 1.55. The van der Waals surface area contributed by atoms with Crippen molar-refractivity contribution in [3.05, 3.63) is 22.0 Å². The summed E-state index contributed by atoms with van der Waals surface area (Å²) in [7, 11) is 0. The van der Waals surface area contributed by atoms with Crippen LogP contribution in [0.25, 0.3) is 11.4 Å². The molecule has 0 amide bonds. The molecule has 2 N–H and O–H groups in total. The van der Waals surface area contributed by atoms with E-state index in [1.54, 1.807) is 0 Å². The molecule has 2 aliphatic rings. The van der Waals surface area contributed by atoms with Crippen LogP contribution in [-0.4, -0.2) is 23.4 Å². The van der Waals surface area contributed by atoms with E-state index in [9.17, 15) is 0 Å². The van der Waals surface area contributed by atoms with Gasteiger partial charge in [0.1, 0.15) is 11.5 Å². The van der Waals surface area contributed by atoms with Gasteiger partial charge in [-0.2, -0.15) is 4.98 Å². The highest BCUT2D eigenvalue weighted by molar-refractivity contribution is 6.33. The maximum absolute atomic E-state index is 6.40. The van der Waals surface area contributed by atoms with Gasteiger partial charge in [-0.25, -0.2) is 0 Å². The highest BCUT2D eigenvalue weighted by Gasteiger charge is 2.33. The lowest BCUT2D eigenvalue weighted by molar-refractivity contribution is 0.356. The van der Waals surface area contributed by atoms with Crippen LogP contribution in [0.5, 0.6) is 11.5 Å². The second-order valence-electron chi connectivity index (χ2n) is 4.72. The molecule has 104 valence electrons. The molecule has 6 nitrogen and oxygen atoms in total. The molecule has 0 saturated carbocycles. The fourth-order valence-electron chi connectivity index (χ4n) is 2.73. The first kappa shape index (κ1) is 12.0. The molecule has 0 bridgehead atoms. The molecule has 2 aromatic rings. The molecule has 3 heterocycles. The molecule has 1 aromatic carbocycles. The minimum atomic E-state index is 0.211. The fourth-order valence-corrected chi connectivity index (χ4v) is 3.08. The molecule has 0 spiro atoms. The average molecular weight is 294 g/mol. The Balaban J connectivity index is 1.99. The quantitative estimate of drug-likeness (QED) is 0.907. The van der Waals surface area contributed by atoms with E-state index in [-0.39, 0.29) is 6.54 Å². The second kappa shape index (κ2) is 4.36. The molecule has 2 aliphatic heterocycles. The Morgan fingerprint density at radius 3 is 2.60 bits per heavy atom. The van der Waals surface area contributed by atoms with Crippen molar-refractivity contribution in [3.8, 4) is 22.9 Å². The van der Waals surface area contributed by atoms with Crippen LogP contribution >= 0.6 is 11.6 Å². The van der Waals surface area contributed by atoms with Crippen molar-refractivity contribution < 1.29 is 14.0 Å². The fraction of sp³-hybridized carbons (Fsp3) is 0.385. The highest BCUT2D eigenvalue weighted by Crippen LogP contribution is 2.50. The number of aromatic nitrogens is 2. The Morgan fingerprint density at radius 2 is 1.85 bits per heavy atom. The van der Waals surface area contributed by atoms with Crippen LogP contribution in [0.15, 0.2) is 4.52 Å². The van der Waals surface area contributed by atoms with Gasteiger partial charge in [-0.15, -0.1) is 0 Å². The van der Waals surface area contributed by atoms with Crippen LogP contribution < -0.4 is 15.2 Å². The van der Waals surface area contributed by atoms with E-state index in [0.717, 1.165) is 41.0 Å². The lowest BCUT2D eigenvalue weighted by Gasteiger charge is -2.12. The summed E-state index contributed by atoms with van der Waals surface area (Å²) in [6.45, 7) is 1.42. The first-order valence-electron chi connectivity index (χ1n) is 6.45. The summed E-state index contributed by atoms with van der Waals surface area (Å²) >= 11 is 6.40. The van der Waals surface area contributed by atoms with Crippen molar-refractivity contribution in [1.82, 2.24) is 10.1 Å². The average Bonchev–Trinajstić information content (AvgIpc) is 3.19. The zero-order chi connectivity index (χ0) is 13.7. The summed E-state index contributed by atoms with van der Waals surface area (Å²) in [6.07, 6.45) is 1.52. The predicted octanol–water partition coefficient (Wildman–Crippen LogP) is 1.72. The molecule has 4 rings (SSSR count). The van der Waals surface area contributed by atoms with Crippen molar-refractivity contribution >= 4 is 11.6 Å². The Kier molecular flexibility index (Phi) is 2.61. The summed E-state index contributed by atoms with van der Waals surface area (Å²) in [6, 6.07) is 0. The first-order valence-corrected chi connectivity index (χ1v) is 6.83. The SMILES string of the molecule is NCc1nc(-c2c3c(c(Cl)c4c2OCC4)OCC3)no1. The predicted molar refractivity (Wildman–Crippen MR) is 71.0 cm³/mol. The molecule has 0 fully saturated rings. The standard InChI is InChI=1S/C13H12ClN3O3/c14-10-7-2-4-18-11(7)9(6-1-3-19-12(6)10)13-16-8(5-15)20-17-13/h1-5,15H2. The summed E-state index contributed by atoms with van der Waals surface area (Å²) in [5.74, 6) is 2.37. The van der Waals surface area contributed by atoms with Crippen molar-refractivity contribution in [1.29, 1.82) is 0 Å². The number of hydrogen-bond donors (Lipinski definition) is 1. The number of hydrogen-bond acceptors (Lipinski definition) is 6. The van der Waals surface area contributed by atoms with Crippen LogP contribution in [-0.2, 0) is 19.4 Å². The zero-order valence-electron chi connectivity index (χ0n) is 10.6. The highest BCUT2D eigenvalue weighted by atomic mass is 35.5. The second-order valence-corrected chi connectivity index (χ2v) is 5.10. The minimum absolute atomic E-state index is 0.211. The summed E-state index contributed by atoms with van der Waals surface area (Å²) < 4.78 is 16.5. The van der Waals surface area contributed by atoms with E-state index in [2.05, 4.69) is 10.1 Å². The van der Waals surface area contributed by atoms with Crippen molar-refractivity contribution in [2.45, 2.75) is 19.4 Å². The summed E-state index contributed by atoms with van der Waals surface area (Å²) in [4.78, 5) is 4.30. The minimum Gasteiger partial charge on any atom is -0.492 e. The van der Waals surface area contributed by atoms with E-state index in [1.807, 2.05) is 0 Å². The normalized spacial score (nSPS) is 15.7. The molecule has 0 radical (unpaired) electrons. The Hall–Kier alpha value is -1.79. The van der Waals surface area contributed by atoms with Crippen LogP contribution in [0.2, 0.25) is 5.02 Å². The van der Waals surface area contributed by atoms with Gasteiger partial charge in [-0.1, -0.05) is 16.8 Å². The van der Waals surface area contributed by atoms with Crippen molar-refractivity contribution in [2.75, 3.05) is 13.2 Å². The molecule has 1 aromatic heterocycles.